The number of benzene rings is 1. The smallest absolute Gasteiger partial charge is 0.250 e. The van der Waals surface area contributed by atoms with Crippen LogP contribution in [-0.4, -0.2) is 30.5 Å². The Hall–Kier alpha value is -1.85. The first-order valence-electron chi connectivity index (χ1n) is 7.20. The third-order valence-electron chi connectivity index (χ3n) is 3.63. The molecule has 0 radical (unpaired) electrons. The van der Waals surface area contributed by atoms with Gasteiger partial charge in [0.2, 0.25) is 5.82 Å². The van der Waals surface area contributed by atoms with E-state index in [9.17, 15) is 0 Å². The van der Waals surface area contributed by atoms with E-state index in [1.54, 1.807) is 13.2 Å². The molecular formula is C16H17ClN2O3. The van der Waals surface area contributed by atoms with Crippen molar-refractivity contribution in [2.24, 2.45) is 5.92 Å². The molecular weight excluding hydrogens is 304 g/mol. The first kappa shape index (κ1) is 15.1. The largest absolute Gasteiger partial charge is 0.494 e. The maximum atomic E-state index is 6.11. The summed E-state index contributed by atoms with van der Waals surface area (Å²) in [6.45, 7) is 1.62. The highest BCUT2D eigenvalue weighted by molar-refractivity contribution is 6.32. The van der Waals surface area contributed by atoms with E-state index < -0.39 is 0 Å². The summed E-state index contributed by atoms with van der Waals surface area (Å²) in [5.41, 5.74) is 0.712. The van der Waals surface area contributed by atoms with Crippen LogP contribution in [0.2, 0.25) is 5.02 Å². The second kappa shape index (κ2) is 6.94. The van der Waals surface area contributed by atoms with Crippen LogP contribution >= 0.6 is 11.6 Å². The summed E-state index contributed by atoms with van der Waals surface area (Å²) in [5, 5.41) is 4.52. The van der Waals surface area contributed by atoms with Gasteiger partial charge in [-0.2, -0.15) is 4.98 Å². The van der Waals surface area contributed by atoms with Crippen LogP contribution in [0.25, 0.3) is 17.5 Å². The standard InChI is InChI=1S/C16H17ClN2O3/c1-20-15-12(3-2-4-13(15)17)16-18-14(22-19-16)6-5-11-7-9-21-10-8-11/h2-6,11H,7-10H2,1H3/b6-5+. The number of halogens is 1. The van der Waals surface area contributed by atoms with Crippen molar-refractivity contribution in [3.8, 4) is 17.1 Å². The molecule has 2 aromatic rings. The lowest BCUT2D eigenvalue weighted by Gasteiger charge is -2.18. The van der Waals surface area contributed by atoms with Crippen LogP contribution in [0.15, 0.2) is 28.8 Å². The van der Waals surface area contributed by atoms with E-state index >= 15 is 0 Å². The van der Waals surface area contributed by atoms with Crippen LogP contribution in [0, 0.1) is 5.92 Å². The molecule has 5 nitrogen and oxygen atoms in total. The number of methoxy groups -OCH3 is 1. The predicted octanol–water partition coefficient (Wildman–Crippen LogP) is 3.84. The van der Waals surface area contributed by atoms with Crippen molar-refractivity contribution in [3.63, 3.8) is 0 Å². The Morgan fingerprint density at radius 1 is 1.32 bits per heavy atom. The Labute approximate surface area is 133 Å². The fraction of sp³-hybridized carbons (Fsp3) is 0.375. The van der Waals surface area contributed by atoms with E-state index in [2.05, 4.69) is 16.2 Å². The molecule has 0 saturated carbocycles. The van der Waals surface area contributed by atoms with Crippen LogP contribution in [0.4, 0.5) is 0 Å². The molecule has 3 rings (SSSR count). The SMILES string of the molecule is COc1c(Cl)cccc1-c1noc(/C=C/C2CCOCC2)n1. The van der Waals surface area contributed by atoms with Crippen LogP contribution in [0.3, 0.4) is 0 Å². The highest BCUT2D eigenvalue weighted by Crippen LogP contribution is 2.34. The number of ether oxygens (including phenoxy) is 2. The zero-order chi connectivity index (χ0) is 15.4. The summed E-state index contributed by atoms with van der Waals surface area (Å²) in [4.78, 5) is 4.38. The van der Waals surface area contributed by atoms with Crippen LogP contribution in [-0.2, 0) is 4.74 Å². The molecule has 116 valence electrons. The van der Waals surface area contributed by atoms with Crippen LogP contribution in [0.5, 0.6) is 5.75 Å². The van der Waals surface area contributed by atoms with Gasteiger partial charge in [0.25, 0.3) is 5.89 Å². The molecule has 0 unspecified atom stereocenters. The van der Waals surface area contributed by atoms with Crippen molar-refractivity contribution in [1.29, 1.82) is 0 Å². The van der Waals surface area contributed by atoms with Gasteiger partial charge in [-0.25, -0.2) is 0 Å². The van der Waals surface area contributed by atoms with Crippen molar-refractivity contribution < 1.29 is 14.0 Å². The molecule has 1 fully saturated rings. The lowest BCUT2D eigenvalue weighted by atomic mass is 10.00. The molecule has 1 saturated heterocycles. The molecule has 0 amide bonds. The Bertz CT molecular complexity index is 663. The van der Waals surface area contributed by atoms with Gasteiger partial charge in [0.15, 0.2) is 0 Å². The summed E-state index contributed by atoms with van der Waals surface area (Å²) >= 11 is 6.11. The van der Waals surface area contributed by atoms with Crippen molar-refractivity contribution in [2.45, 2.75) is 12.8 Å². The van der Waals surface area contributed by atoms with Crippen molar-refractivity contribution in [2.75, 3.05) is 20.3 Å². The number of allylic oxidation sites excluding steroid dienone is 1. The molecule has 0 aliphatic carbocycles. The van der Waals surface area contributed by atoms with E-state index in [-0.39, 0.29) is 0 Å². The zero-order valence-corrected chi connectivity index (χ0v) is 13.0. The normalized spacial score (nSPS) is 16.3. The lowest BCUT2D eigenvalue weighted by Crippen LogP contribution is -2.13. The highest BCUT2D eigenvalue weighted by atomic mass is 35.5. The quantitative estimate of drug-likeness (QED) is 0.856. The van der Waals surface area contributed by atoms with Gasteiger partial charge in [0.1, 0.15) is 5.75 Å². The second-order valence-corrected chi connectivity index (χ2v) is 5.49. The van der Waals surface area contributed by atoms with Gasteiger partial charge >= 0.3 is 0 Å². The number of nitrogens with zero attached hydrogens (tertiary/aromatic N) is 2. The van der Waals surface area contributed by atoms with Gasteiger partial charge in [-0.3, -0.25) is 0 Å². The maximum Gasteiger partial charge on any atom is 0.250 e. The monoisotopic (exact) mass is 320 g/mol. The van der Waals surface area contributed by atoms with Gasteiger partial charge in [-0.15, -0.1) is 0 Å². The Morgan fingerprint density at radius 2 is 2.14 bits per heavy atom. The fourth-order valence-electron chi connectivity index (χ4n) is 2.43. The number of hydrogen-bond donors (Lipinski definition) is 0. The molecule has 0 N–H and O–H groups in total. The maximum absolute atomic E-state index is 6.11. The van der Waals surface area contributed by atoms with Gasteiger partial charge in [-0.05, 0) is 37.0 Å². The number of aromatic nitrogens is 2. The second-order valence-electron chi connectivity index (χ2n) is 5.09. The van der Waals surface area contributed by atoms with E-state index in [1.807, 2.05) is 18.2 Å². The molecule has 0 spiro atoms. The Morgan fingerprint density at radius 3 is 2.91 bits per heavy atom. The zero-order valence-electron chi connectivity index (χ0n) is 12.3. The van der Waals surface area contributed by atoms with E-state index in [4.69, 9.17) is 25.6 Å². The number of rotatable bonds is 4. The van der Waals surface area contributed by atoms with Crippen LogP contribution < -0.4 is 4.74 Å². The van der Waals surface area contributed by atoms with Crippen molar-refractivity contribution in [3.05, 3.63) is 35.2 Å². The number of para-hydroxylation sites is 1. The molecule has 1 aliphatic heterocycles. The fourth-order valence-corrected chi connectivity index (χ4v) is 2.68. The Kier molecular flexibility index (Phi) is 4.75. The molecule has 1 aliphatic rings. The van der Waals surface area contributed by atoms with Gasteiger partial charge in [-0.1, -0.05) is 28.9 Å². The minimum atomic E-state index is 0.464. The van der Waals surface area contributed by atoms with E-state index in [1.165, 1.54) is 0 Å². The summed E-state index contributed by atoms with van der Waals surface area (Å²) in [6, 6.07) is 5.44. The Balaban J connectivity index is 1.79. The van der Waals surface area contributed by atoms with E-state index in [0.29, 0.717) is 34.0 Å². The minimum absolute atomic E-state index is 0.464. The third kappa shape index (κ3) is 3.31. The van der Waals surface area contributed by atoms with E-state index in [0.717, 1.165) is 26.1 Å². The average molecular weight is 321 g/mol. The molecule has 22 heavy (non-hydrogen) atoms. The molecule has 1 aromatic carbocycles. The first-order chi connectivity index (χ1) is 10.8. The van der Waals surface area contributed by atoms with Gasteiger partial charge in [0, 0.05) is 13.2 Å². The summed E-state index contributed by atoms with van der Waals surface area (Å²) < 4.78 is 15.9. The van der Waals surface area contributed by atoms with Crippen molar-refractivity contribution in [1.82, 2.24) is 10.1 Å². The summed E-state index contributed by atoms with van der Waals surface area (Å²) in [6.07, 6.45) is 6.03. The molecule has 1 aromatic heterocycles. The van der Waals surface area contributed by atoms with Gasteiger partial charge in [0.05, 0.1) is 17.7 Å². The lowest BCUT2D eigenvalue weighted by molar-refractivity contribution is 0.0787. The summed E-state index contributed by atoms with van der Waals surface area (Å²) in [7, 11) is 1.57. The molecule has 2 heterocycles. The summed E-state index contributed by atoms with van der Waals surface area (Å²) in [5.74, 6) is 1.99. The predicted molar refractivity (Wildman–Crippen MR) is 83.9 cm³/mol. The third-order valence-corrected chi connectivity index (χ3v) is 3.93. The first-order valence-corrected chi connectivity index (χ1v) is 7.58. The number of hydrogen-bond acceptors (Lipinski definition) is 5. The van der Waals surface area contributed by atoms with Crippen LogP contribution in [0.1, 0.15) is 18.7 Å². The average Bonchev–Trinajstić information content (AvgIpc) is 3.02. The molecule has 0 atom stereocenters. The molecule has 6 heteroatoms. The van der Waals surface area contributed by atoms with Gasteiger partial charge < -0.3 is 14.0 Å². The molecule has 0 bridgehead atoms. The highest BCUT2D eigenvalue weighted by Gasteiger charge is 2.15. The minimum Gasteiger partial charge on any atom is -0.494 e. The van der Waals surface area contributed by atoms with Crippen molar-refractivity contribution >= 4 is 17.7 Å². The topological polar surface area (TPSA) is 57.4 Å².